The van der Waals surface area contributed by atoms with Crippen molar-refractivity contribution in [2.24, 2.45) is 0 Å². The Kier molecular flexibility index (Phi) is 2.81. The number of thioether (sulfide) groups is 1. The minimum Gasteiger partial charge on any atom is -0.391 e. The van der Waals surface area contributed by atoms with Gasteiger partial charge in [0.25, 0.3) is 0 Å². The van der Waals surface area contributed by atoms with Gasteiger partial charge >= 0.3 is 0 Å². The fourth-order valence-electron chi connectivity index (χ4n) is 1.58. The first-order chi connectivity index (χ1) is 6.76. The number of rotatable bonds is 2. The molecule has 14 heavy (non-hydrogen) atoms. The Balaban J connectivity index is 2.68. The van der Waals surface area contributed by atoms with Crippen molar-refractivity contribution in [2.45, 2.75) is 18.4 Å². The topological polar surface area (TPSA) is 20.2 Å². The van der Waals surface area contributed by atoms with Crippen molar-refractivity contribution in [3.63, 3.8) is 0 Å². The molecule has 0 saturated carbocycles. The lowest BCUT2D eigenvalue weighted by atomic mass is 10.1. The van der Waals surface area contributed by atoms with Crippen LogP contribution in [0.4, 0.5) is 0 Å². The van der Waals surface area contributed by atoms with Gasteiger partial charge in [-0.2, -0.15) is 0 Å². The Morgan fingerprint density at radius 2 is 2.21 bits per heavy atom. The average molecular weight is 224 g/mol. The van der Waals surface area contributed by atoms with E-state index in [2.05, 4.69) is 31.4 Å². The SMILES string of the molecule is CSc1ccc2sc(CO)cc2c1C. The molecule has 74 valence electrons. The largest absolute Gasteiger partial charge is 0.391 e. The molecule has 0 amide bonds. The lowest BCUT2D eigenvalue weighted by molar-refractivity contribution is 0.285. The van der Waals surface area contributed by atoms with Crippen LogP contribution in [0.5, 0.6) is 0 Å². The molecule has 1 aromatic heterocycles. The van der Waals surface area contributed by atoms with Gasteiger partial charge in [0.2, 0.25) is 0 Å². The van der Waals surface area contributed by atoms with Gasteiger partial charge in [0, 0.05) is 14.5 Å². The maximum Gasteiger partial charge on any atom is 0.0774 e. The number of hydrogen-bond acceptors (Lipinski definition) is 3. The van der Waals surface area contributed by atoms with Crippen molar-refractivity contribution < 1.29 is 5.11 Å². The van der Waals surface area contributed by atoms with Gasteiger partial charge in [-0.25, -0.2) is 0 Å². The van der Waals surface area contributed by atoms with E-state index in [1.807, 2.05) is 0 Å². The van der Waals surface area contributed by atoms with Crippen LogP contribution in [0.25, 0.3) is 10.1 Å². The van der Waals surface area contributed by atoms with Gasteiger partial charge in [0.1, 0.15) is 0 Å². The lowest BCUT2D eigenvalue weighted by Crippen LogP contribution is -1.78. The minimum atomic E-state index is 0.146. The Labute approximate surface area is 91.8 Å². The number of thiophene rings is 1. The standard InChI is InChI=1S/C11H12OS2/c1-7-9-5-8(6-12)14-11(9)4-3-10(7)13-2/h3-5,12H,6H2,1-2H3. The van der Waals surface area contributed by atoms with E-state index in [0.29, 0.717) is 0 Å². The van der Waals surface area contributed by atoms with E-state index in [9.17, 15) is 0 Å². The molecule has 2 rings (SSSR count). The zero-order valence-corrected chi connectivity index (χ0v) is 9.84. The lowest BCUT2D eigenvalue weighted by Gasteiger charge is -2.02. The van der Waals surface area contributed by atoms with Crippen molar-refractivity contribution in [3.8, 4) is 0 Å². The predicted molar refractivity (Wildman–Crippen MR) is 64.3 cm³/mol. The highest BCUT2D eigenvalue weighted by Crippen LogP contribution is 2.33. The molecule has 0 aliphatic rings. The van der Waals surface area contributed by atoms with Crippen LogP contribution in [-0.2, 0) is 6.61 Å². The third kappa shape index (κ3) is 1.56. The van der Waals surface area contributed by atoms with Gasteiger partial charge in [0.05, 0.1) is 6.61 Å². The van der Waals surface area contributed by atoms with Crippen LogP contribution in [-0.4, -0.2) is 11.4 Å². The minimum absolute atomic E-state index is 0.146. The van der Waals surface area contributed by atoms with Crippen molar-refractivity contribution in [3.05, 3.63) is 28.6 Å². The van der Waals surface area contributed by atoms with Crippen LogP contribution < -0.4 is 0 Å². The number of benzene rings is 1. The third-order valence-corrected chi connectivity index (χ3v) is 4.31. The van der Waals surface area contributed by atoms with Crippen molar-refractivity contribution in [1.82, 2.24) is 0 Å². The van der Waals surface area contributed by atoms with Gasteiger partial charge in [-0.05, 0) is 42.3 Å². The zero-order chi connectivity index (χ0) is 10.1. The molecule has 0 atom stereocenters. The molecule has 0 aliphatic heterocycles. The normalized spacial score (nSPS) is 11.1. The van der Waals surface area contributed by atoms with Crippen LogP contribution in [0.15, 0.2) is 23.1 Å². The van der Waals surface area contributed by atoms with E-state index in [-0.39, 0.29) is 6.61 Å². The summed E-state index contributed by atoms with van der Waals surface area (Å²) >= 11 is 3.44. The van der Waals surface area contributed by atoms with E-state index < -0.39 is 0 Å². The van der Waals surface area contributed by atoms with Gasteiger partial charge in [0.15, 0.2) is 0 Å². The first-order valence-corrected chi connectivity index (χ1v) is 6.47. The van der Waals surface area contributed by atoms with Crippen LogP contribution in [0.1, 0.15) is 10.4 Å². The third-order valence-electron chi connectivity index (χ3n) is 2.35. The summed E-state index contributed by atoms with van der Waals surface area (Å²) in [4.78, 5) is 2.36. The number of aliphatic hydroxyl groups is 1. The van der Waals surface area contributed by atoms with Crippen LogP contribution in [0.3, 0.4) is 0 Å². The van der Waals surface area contributed by atoms with E-state index in [1.54, 1.807) is 23.1 Å². The summed E-state index contributed by atoms with van der Waals surface area (Å²) in [5, 5.41) is 10.3. The highest BCUT2D eigenvalue weighted by atomic mass is 32.2. The maximum atomic E-state index is 9.06. The average Bonchev–Trinajstić information content (AvgIpc) is 2.62. The first-order valence-electron chi connectivity index (χ1n) is 4.43. The summed E-state index contributed by atoms with van der Waals surface area (Å²) in [7, 11) is 0. The Hall–Kier alpha value is -0.510. The molecule has 1 heterocycles. The van der Waals surface area contributed by atoms with Gasteiger partial charge in [-0.15, -0.1) is 23.1 Å². The summed E-state index contributed by atoms with van der Waals surface area (Å²) < 4.78 is 1.27. The molecule has 3 heteroatoms. The van der Waals surface area contributed by atoms with Crippen LogP contribution in [0, 0.1) is 6.92 Å². The summed E-state index contributed by atoms with van der Waals surface area (Å²) in [5.74, 6) is 0. The molecule has 1 nitrogen and oxygen atoms in total. The van der Waals surface area contributed by atoms with Gasteiger partial charge < -0.3 is 5.11 Å². The zero-order valence-electron chi connectivity index (χ0n) is 8.20. The number of hydrogen-bond donors (Lipinski definition) is 1. The monoisotopic (exact) mass is 224 g/mol. The molecule has 1 aromatic carbocycles. The van der Waals surface area contributed by atoms with Crippen molar-refractivity contribution in [2.75, 3.05) is 6.26 Å². The van der Waals surface area contributed by atoms with E-state index in [0.717, 1.165) is 4.88 Å². The molecule has 0 aliphatic carbocycles. The first kappa shape index (κ1) is 10.0. The molecular weight excluding hydrogens is 212 g/mol. The molecule has 0 fully saturated rings. The fourth-order valence-corrected chi connectivity index (χ4v) is 3.18. The Morgan fingerprint density at radius 3 is 2.86 bits per heavy atom. The molecule has 2 aromatic rings. The second-order valence-corrected chi connectivity index (χ2v) is 5.19. The molecule has 0 spiro atoms. The molecule has 0 bridgehead atoms. The Morgan fingerprint density at radius 1 is 1.43 bits per heavy atom. The maximum absolute atomic E-state index is 9.06. The molecule has 1 N–H and O–H groups in total. The molecular formula is C11H12OS2. The smallest absolute Gasteiger partial charge is 0.0774 e. The van der Waals surface area contributed by atoms with E-state index >= 15 is 0 Å². The quantitative estimate of drug-likeness (QED) is 0.789. The molecule has 0 saturated heterocycles. The summed E-state index contributed by atoms with van der Waals surface area (Å²) in [6.07, 6.45) is 2.09. The number of fused-ring (bicyclic) bond motifs is 1. The second-order valence-electron chi connectivity index (χ2n) is 3.18. The summed E-state index contributed by atoms with van der Waals surface area (Å²) in [6.45, 7) is 2.29. The summed E-state index contributed by atoms with van der Waals surface area (Å²) in [5.41, 5.74) is 1.32. The van der Waals surface area contributed by atoms with E-state index in [1.165, 1.54) is 20.5 Å². The summed E-state index contributed by atoms with van der Waals surface area (Å²) in [6, 6.07) is 6.38. The number of aliphatic hydroxyl groups excluding tert-OH is 1. The number of aryl methyl sites for hydroxylation is 1. The second kappa shape index (κ2) is 3.93. The van der Waals surface area contributed by atoms with Gasteiger partial charge in [-0.3, -0.25) is 0 Å². The fraction of sp³-hybridized carbons (Fsp3) is 0.273. The van der Waals surface area contributed by atoms with Gasteiger partial charge in [-0.1, -0.05) is 0 Å². The van der Waals surface area contributed by atoms with Crippen molar-refractivity contribution in [1.29, 1.82) is 0 Å². The molecule has 0 radical (unpaired) electrons. The Bertz CT molecular complexity index is 460. The van der Waals surface area contributed by atoms with E-state index in [4.69, 9.17) is 5.11 Å². The highest BCUT2D eigenvalue weighted by Gasteiger charge is 2.06. The molecule has 0 unspecified atom stereocenters. The predicted octanol–water partition coefficient (Wildman–Crippen LogP) is 3.42. The highest BCUT2D eigenvalue weighted by molar-refractivity contribution is 7.98. The van der Waals surface area contributed by atoms with Crippen molar-refractivity contribution >= 4 is 33.2 Å². The van der Waals surface area contributed by atoms with Crippen LogP contribution >= 0.6 is 23.1 Å². The van der Waals surface area contributed by atoms with Crippen LogP contribution in [0.2, 0.25) is 0 Å².